The van der Waals surface area contributed by atoms with Gasteiger partial charge in [-0.15, -0.1) is 0 Å². The van der Waals surface area contributed by atoms with Crippen molar-refractivity contribution in [2.45, 2.75) is 33.7 Å². The predicted octanol–water partition coefficient (Wildman–Crippen LogP) is 5.84. The van der Waals surface area contributed by atoms with Crippen molar-refractivity contribution in [1.29, 1.82) is 0 Å². The van der Waals surface area contributed by atoms with Crippen LogP contribution in [0.4, 0.5) is 11.4 Å². The second-order valence-corrected chi connectivity index (χ2v) is 7.19. The highest BCUT2D eigenvalue weighted by Crippen LogP contribution is 2.29. The van der Waals surface area contributed by atoms with Crippen LogP contribution in [0, 0.1) is 5.92 Å². The molecule has 0 saturated carbocycles. The van der Waals surface area contributed by atoms with Crippen LogP contribution in [0.5, 0.6) is 5.75 Å². The fraction of sp³-hybridized carbons (Fsp3) is 0.292. The van der Waals surface area contributed by atoms with Crippen molar-refractivity contribution in [2.24, 2.45) is 5.92 Å². The van der Waals surface area contributed by atoms with Gasteiger partial charge >= 0.3 is 0 Å². The van der Waals surface area contributed by atoms with Gasteiger partial charge in [-0.3, -0.25) is 4.79 Å². The number of hydrogen-bond donors (Lipinski definition) is 2. The van der Waals surface area contributed by atoms with Gasteiger partial charge in [-0.1, -0.05) is 51.1 Å². The number of amides is 1. The van der Waals surface area contributed by atoms with E-state index in [0.29, 0.717) is 13.2 Å². The van der Waals surface area contributed by atoms with E-state index in [4.69, 9.17) is 4.74 Å². The van der Waals surface area contributed by atoms with Gasteiger partial charge in [0.25, 0.3) is 0 Å². The molecule has 0 radical (unpaired) electrons. The molecule has 0 aromatic heterocycles. The molecule has 0 saturated heterocycles. The maximum Gasteiger partial charge on any atom is 0.226 e. The van der Waals surface area contributed by atoms with Crippen LogP contribution in [0.25, 0.3) is 10.8 Å². The van der Waals surface area contributed by atoms with Gasteiger partial charge in [-0.25, -0.2) is 0 Å². The molecule has 0 heterocycles. The largest absolute Gasteiger partial charge is 0.493 e. The van der Waals surface area contributed by atoms with Crippen LogP contribution in [0.1, 0.15) is 32.8 Å². The Balaban J connectivity index is 1.76. The summed E-state index contributed by atoms with van der Waals surface area (Å²) in [6.07, 6.45) is 0.975. The quantitative estimate of drug-likeness (QED) is 0.519. The zero-order valence-corrected chi connectivity index (χ0v) is 16.8. The minimum Gasteiger partial charge on any atom is -0.493 e. The van der Waals surface area contributed by atoms with Crippen molar-refractivity contribution >= 4 is 28.1 Å². The molecule has 4 nitrogen and oxygen atoms in total. The van der Waals surface area contributed by atoms with Crippen molar-refractivity contribution in [3.05, 3.63) is 66.2 Å². The second kappa shape index (κ2) is 9.27. The molecule has 0 bridgehead atoms. The molecule has 0 fully saturated rings. The Morgan fingerprint density at radius 2 is 1.68 bits per heavy atom. The third-order valence-corrected chi connectivity index (χ3v) is 4.61. The monoisotopic (exact) mass is 376 g/mol. The van der Waals surface area contributed by atoms with Crippen molar-refractivity contribution in [3.63, 3.8) is 0 Å². The van der Waals surface area contributed by atoms with Crippen LogP contribution in [-0.4, -0.2) is 12.5 Å². The van der Waals surface area contributed by atoms with E-state index in [1.165, 1.54) is 10.8 Å². The van der Waals surface area contributed by atoms with Gasteiger partial charge in [0.2, 0.25) is 5.91 Å². The van der Waals surface area contributed by atoms with Gasteiger partial charge in [0.05, 0.1) is 6.61 Å². The summed E-state index contributed by atoms with van der Waals surface area (Å²) < 4.78 is 5.98. The van der Waals surface area contributed by atoms with Gasteiger partial charge in [-0.05, 0) is 47.5 Å². The Morgan fingerprint density at radius 1 is 0.964 bits per heavy atom. The lowest BCUT2D eigenvalue weighted by Gasteiger charge is -2.16. The summed E-state index contributed by atoms with van der Waals surface area (Å²) in [5.41, 5.74) is 2.96. The smallest absolute Gasteiger partial charge is 0.226 e. The molecule has 0 unspecified atom stereocenters. The first-order valence-corrected chi connectivity index (χ1v) is 9.86. The van der Waals surface area contributed by atoms with Crippen molar-refractivity contribution in [3.8, 4) is 5.75 Å². The van der Waals surface area contributed by atoms with E-state index in [1.54, 1.807) is 0 Å². The van der Waals surface area contributed by atoms with E-state index in [2.05, 4.69) is 54.0 Å². The average Bonchev–Trinajstić information content (AvgIpc) is 2.71. The van der Waals surface area contributed by atoms with Gasteiger partial charge in [-0.2, -0.15) is 0 Å². The molecule has 0 aliphatic heterocycles. The lowest BCUT2D eigenvalue weighted by atomic mass is 10.0. The van der Waals surface area contributed by atoms with E-state index in [-0.39, 0.29) is 11.8 Å². The minimum absolute atomic E-state index is 0.0224. The highest BCUT2D eigenvalue weighted by molar-refractivity contribution is 5.92. The summed E-state index contributed by atoms with van der Waals surface area (Å²) in [7, 11) is 0. The number of anilines is 2. The third-order valence-electron chi connectivity index (χ3n) is 4.61. The van der Waals surface area contributed by atoms with Crippen LogP contribution < -0.4 is 15.4 Å². The molecule has 0 aliphatic carbocycles. The van der Waals surface area contributed by atoms with E-state index in [9.17, 15) is 4.79 Å². The number of rotatable bonds is 8. The summed E-state index contributed by atoms with van der Waals surface area (Å²) >= 11 is 0. The van der Waals surface area contributed by atoms with Gasteiger partial charge in [0.15, 0.2) is 0 Å². The molecule has 28 heavy (non-hydrogen) atoms. The number of hydrogen-bond acceptors (Lipinski definition) is 3. The van der Waals surface area contributed by atoms with Crippen molar-refractivity contribution in [1.82, 2.24) is 0 Å². The van der Waals surface area contributed by atoms with Crippen molar-refractivity contribution < 1.29 is 9.53 Å². The van der Waals surface area contributed by atoms with Gasteiger partial charge in [0, 0.05) is 29.4 Å². The van der Waals surface area contributed by atoms with Crippen LogP contribution in [0.3, 0.4) is 0 Å². The molecule has 0 spiro atoms. The molecule has 0 aliphatic rings. The molecule has 2 N–H and O–H groups in total. The first-order chi connectivity index (χ1) is 13.6. The van der Waals surface area contributed by atoms with Crippen LogP contribution in [0.15, 0.2) is 60.7 Å². The highest BCUT2D eigenvalue weighted by Gasteiger charge is 2.10. The molecule has 4 heteroatoms. The summed E-state index contributed by atoms with van der Waals surface area (Å²) in [6.45, 7) is 7.24. The number of ether oxygens (including phenoxy) is 1. The van der Waals surface area contributed by atoms with E-state index >= 15 is 0 Å². The van der Waals surface area contributed by atoms with Gasteiger partial charge in [0.1, 0.15) is 5.75 Å². The van der Waals surface area contributed by atoms with E-state index in [0.717, 1.165) is 29.1 Å². The molecule has 3 aromatic rings. The van der Waals surface area contributed by atoms with Gasteiger partial charge < -0.3 is 15.4 Å². The highest BCUT2D eigenvalue weighted by atomic mass is 16.5. The first-order valence-electron chi connectivity index (χ1n) is 9.86. The Morgan fingerprint density at radius 3 is 2.39 bits per heavy atom. The summed E-state index contributed by atoms with van der Waals surface area (Å²) in [5.74, 6) is 0.911. The van der Waals surface area contributed by atoms with Crippen LogP contribution >= 0.6 is 0 Å². The van der Waals surface area contributed by atoms with Crippen molar-refractivity contribution in [2.75, 3.05) is 17.2 Å². The van der Waals surface area contributed by atoms with E-state index in [1.807, 2.05) is 38.1 Å². The summed E-state index contributed by atoms with van der Waals surface area (Å²) in [6, 6.07) is 20.3. The SMILES string of the molecule is CCCOc1ccc2ccccc2c1CNc1ccc(NC(=O)C(C)C)cc1. The number of carbonyl (C=O) groups excluding carboxylic acids is 1. The minimum atomic E-state index is -0.0364. The van der Waals surface area contributed by atoms with Crippen LogP contribution in [0.2, 0.25) is 0 Å². The first kappa shape index (κ1) is 19.7. The molecular weight excluding hydrogens is 348 g/mol. The Bertz CT molecular complexity index is 933. The lowest BCUT2D eigenvalue weighted by Crippen LogP contribution is -2.17. The summed E-state index contributed by atoms with van der Waals surface area (Å²) in [5, 5.41) is 8.79. The Kier molecular flexibility index (Phi) is 6.53. The lowest BCUT2D eigenvalue weighted by molar-refractivity contribution is -0.118. The Hall–Kier alpha value is -3.01. The Labute approximate surface area is 166 Å². The summed E-state index contributed by atoms with van der Waals surface area (Å²) in [4.78, 5) is 11.8. The number of benzene rings is 3. The zero-order valence-electron chi connectivity index (χ0n) is 16.8. The number of nitrogens with one attached hydrogen (secondary N) is 2. The molecular formula is C24H28N2O2. The number of fused-ring (bicyclic) bond motifs is 1. The second-order valence-electron chi connectivity index (χ2n) is 7.19. The van der Waals surface area contributed by atoms with Crippen LogP contribution in [-0.2, 0) is 11.3 Å². The fourth-order valence-electron chi connectivity index (χ4n) is 2.99. The topological polar surface area (TPSA) is 50.4 Å². The fourth-order valence-corrected chi connectivity index (χ4v) is 2.99. The maximum atomic E-state index is 11.8. The number of carbonyl (C=O) groups is 1. The average molecular weight is 377 g/mol. The standard InChI is InChI=1S/C24H28N2O2/c1-4-15-28-23-14-9-18-7-5-6-8-21(18)22(23)16-25-19-10-12-20(13-11-19)26-24(27)17(2)3/h5-14,17,25H,4,15-16H2,1-3H3,(H,26,27). The molecule has 1 amide bonds. The molecule has 3 rings (SSSR count). The molecule has 146 valence electrons. The molecule has 3 aromatic carbocycles. The zero-order chi connectivity index (χ0) is 19.9. The van der Waals surface area contributed by atoms with E-state index < -0.39 is 0 Å². The maximum absolute atomic E-state index is 11.8. The third kappa shape index (κ3) is 4.83. The normalized spacial score (nSPS) is 10.9. The predicted molar refractivity (Wildman–Crippen MR) is 117 cm³/mol. The molecule has 0 atom stereocenters.